The van der Waals surface area contributed by atoms with Crippen LogP contribution in [-0.4, -0.2) is 52.2 Å². The largest absolute Gasteiger partial charge is 0.495 e. The van der Waals surface area contributed by atoms with Gasteiger partial charge in [0.2, 0.25) is 10.0 Å². The van der Waals surface area contributed by atoms with Gasteiger partial charge in [-0.25, -0.2) is 8.42 Å². The second kappa shape index (κ2) is 8.29. The normalized spacial score (nSPS) is 17.2. The van der Waals surface area contributed by atoms with Gasteiger partial charge in [-0.15, -0.1) is 0 Å². The van der Waals surface area contributed by atoms with Crippen molar-refractivity contribution in [3.05, 3.63) is 23.3 Å². The Labute approximate surface area is 145 Å². The minimum Gasteiger partial charge on any atom is -0.495 e. The predicted molar refractivity (Wildman–Crippen MR) is 93.9 cm³/mol. The van der Waals surface area contributed by atoms with Crippen molar-refractivity contribution in [3.63, 3.8) is 0 Å². The molecule has 0 amide bonds. The molecular formula is C17H28N2O4S. The molecule has 0 radical (unpaired) electrons. The van der Waals surface area contributed by atoms with Gasteiger partial charge in [0.15, 0.2) is 0 Å². The van der Waals surface area contributed by atoms with Crippen LogP contribution in [0.3, 0.4) is 0 Å². The van der Waals surface area contributed by atoms with Gasteiger partial charge in [0.1, 0.15) is 10.6 Å². The van der Waals surface area contributed by atoms with E-state index in [1.165, 1.54) is 11.4 Å². The number of nitrogens with two attached hydrogens (primary N) is 1. The highest BCUT2D eigenvalue weighted by atomic mass is 32.2. The second-order valence-electron chi connectivity index (χ2n) is 6.23. The number of hydrogen-bond acceptors (Lipinski definition) is 5. The number of aryl methyl sites for hydroxylation is 2. The summed E-state index contributed by atoms with van der Waals surface area (Å²) in [5.41, 5.74) is 7.16. The third-order valence-electron chi connectivity index (χ3n) is 4.31. The lowest BCUT2D eigenvalue weighted by Gasteiger charge is -2.32. The number of hydrogen-bond donors (Lipinski definition) is 1. The monoisotopic (exact) mass is 356 g/mol. The van der Waals surface area contributed by atoms with E-state index < -0.39 is 10.0 Å². The molecule has 1 heterocycles. The van der Waals surface area contributed by atoms with Gasteiger partial charge in [0.25, 0.3) is 0 Å². The lowest BCUT2D eigenvalue weighted by Crippen LogP contribution is -2.41. The van der Waals surface area contributed by atoms with Gasteiger partial charge in [-0.3, -0.25) is 0 Å². The molecule has 136 valence electrons. The van der Waals surface area contributed by atoms with E-state index in [0.29, 0.717) is 50.4 Å². The highest BCUT2D eigenvalue weighted by Gasteiger charge is 2.33. The minimum absolute atomic E-state index is 0.115. The first-order valence-corrected chi connectivity index (χ1v) is 9.81. The maximum atomic E-state index is 13.1. The van der Waals surface area contributed by atoms with Crippen molar-refractivity contribution in [1.82, 2.24) is 4.31 Å². The Kier molecular flexibility index (Phi) is 6.62. The van der Waals surface area contributed by atoms with Crippen molar-refractivity contribution in [1.29, 1.82) is 0 Å². The molecule has 0 aromatic heterocycles. The van der Waals surface area contributed by atoms with Crippen LogP contribution in [0, 0.1) is 13.8 Å². The third kappa shape index (κ3) is 4.27. The first-order chi connectivity index (χ1) is 11.4. The Hall–Kier alpha value is -1.15. The molecule has 1 fully saturated rings. The van der Waals surface area contributed by atoms with Crippen molar-refractivity contribution < 1.29 is 17.9 Å². The molecule has 1 aliphatic rings. The molecule has 0 spiro atoms. The minimum atomic E-state index is -3.57. The fraction of sp³-hybridized carbons (Fsp3) is 0.647. The number of rotatable bonds is 7. The topological polar surface area (TPSA) is 81.9 Å². The molecule has 24 heavy (non-hydrogen) atoms. The Balaban J connectivity index is 2.13. The number of ether oxygens (including phenoxy) is 2. The molecule has 1 aromatic rings. The van der Waals surface area contributed by atoms with Crippen molar-refractivity contribution in [2.75, 3.05) is 33.4 Å². The summed E-state index contributed by atoms with van der Waals surface area (Å²) in [5, 5.41) is 0. The van der Waals surface area contributed by atoms with Crippen LogP contribution < -0.4 is 10.5 Å². The summed E-state index contributed by atoms with van der Waals surface area (Å²) < 4.78 is 38.7. The number of nitrogens with zero attached hydrogens (tertiary/aromatic N) is 1. The maximum absolute atomic E-state index is 13.1. The second-order valence-corrected chi connectivity index (χ2v) is 8.10. The van der Waals surface area contributed by atoms with Crippen LogP contribution in [-0.2, 0) is 14.8 Å². The van der Waals surface area contributed by atoms with E-state index in [2.05, 4.69) is 0 Å². The van der Waals surface area contributed by atoms with E-state index in [9.17, 15) is 8.42 Å². The summed E-state index contributed by atoms with van der Waals surface area (Å²) in [7, 11) is -2.06. The molecule has 6 nitrogen and oxygen atoms in total. The van der Waals surface area contributed by atoms with E-state index in [0.717, 1.165) is 12.0 Å². The van der Waals surface area contributed by atoms with Gasteiger partial charge >= 0.3 is 0 Å². The maximum Gasteiger partial charge on any atom is 0.247 e. The molecule has 2 rings (SSSR count). The molecule has 0 atom stereocenters. The van der Waals surface area contributed by atoms with Gasteiger partial charge in [-0.1, -0.05) is 6.07 Å². The summed E-state index contributed by atoms with van der Waals surface area (Å²) in [6.07, 6.45) is 2.36. The SMILES string of the molecule is COc1cc(C)cc(C)c1S(=O)(=O)N1CCC(OCCCN)CC1. The number of benzene rings is 1. The van der Waals surface area contributed by atoms with E-state index in [-0.39, 0.29) is 11.0 Å². The zero-order valence-electron chi connectivity index (χ0n) is 14.7. The standard InChI is InChI=1S/C17H28N2O4S/c1-13-11-14(2)17(16(12-13)22-3)24(20,21)19-8-5-15(6-9-19)23-10-4-7-18/h11-12,15H,4-10,18H2,1-3H3. The Morgan fingerprint density at radius 1 is 1.25 bits per heavy atom. The lowest BCUT2D eigenvalue weighted by molar-refractivity contribution is 0.0208. The third-order valence-corrected chi connectivity index (χ3v) is 6.39. The molecule has 0 unspecified atom stereocenters. The van der Waals surface area contributed by atoms with Crippen LogP contribution in [0.4, 0.5) is 0 Å². The van der Waals surface area contributed by atoms with Gasteiger partial charge < -0.3 is 15.2 Å². The molecule has 2 N–H and O–H groups in total. The zero-order chi connectivity index (χ0) is 17.7. The quantitative estimate of drug-likeness (QED) is 0.754. The molecular weight excluding hydrogens is 328 g/mol. The van der Waals surface area contributed by atoms with E-state index >= 15 is 0 Å². The van der Waals surface area contributed by atoms with Crippen LogP contribution in [0.25, 0.3) is 0 Å². The average molecular weight is 356 g/mol. The number of methoxy groups -OCH3 is 1. The molecule has 0 aliphatic carbocycles. The van der Waals surface area contributed by atoms with Crippen LogP contribution >= 0.6 is 0 Å². The molecule has 7 heteroatoms. The predicted octanol–water partition coefficient (Wildman–Crippen LogP) is 1.83. The Morgan fingerprint density at radius 3 is 2.50 bits per heavy atom. The smallest absolute Gasteiger partial charge is 0.247 e. The number of piperidine rings is 1. The fourth-order valence-corrected chi connectivity index (χ4v) is 4.91. The van der Waals surface area contributed by atoms with Gasteiger partial charge in [-0.05, 0) is 56.8 Å². The summed E-state index contributed by atoms with van der Waals surface area (Å²) in [5.74, 6) is 0.411. The van der Waals surface area contributed by atoms with Crippen molar-refractivity contribution in [2.45, 2.75) is 44.1 Å². The fourth-order valence-electron chi connectivity index (χ4n) is 3.10. The van der Waals surface area contributed by atoms with Crippen LogP contribution in [0.2, 0.25) is 0 Å². The Bertz CT molecular complexity index is 653. The van der Waals surface area contributed by atoms with Gasteiger partial charge in [0.05, 0.1) is 13.2 Å². The molecule has 1 aromatic carbocycles. The van der Waals surface area contributed by atoms with Crippen LogP contribution in [0.15, 0.2) is 17.0 Å². The highest BCUT2D eigenvalue weighted by molar-refractivity contribution is 7.89. The highest BCUT2D eigenvalue weighted by Crippen LogP contribution is 2.32. The van der Waals surface area contributed by atoms with E-state index in [1.54, 1.807) is 6.07 Å². The number of sulfonamides is 1. The first kappa shape index (κ1) is 19.2. The molecule has 0 bridgehead atoms. The zero-order valence-corrected chi connectivity index (χ0v) is 15.6. The molecule has 0 saturated carbocycles. The van der Waals surface area contributed by atoms with Gasteiger partial charge in [0, 0.05) is 19.7 Å². The van der Waals surface area contributed by atoms with Gasteiger partial charge in [-0.2, -0.15) is 4.31 Å². The summed E-state index contributed by atoms with van der Waals surface area (Å²) >= 11 is 0. The first-order valence-electron chi connectivity index (χ1n) is 8.37. The molecule has 1 aliphatic heterocycles. The Morgan fingerprint density at radius 2 is 1.92 bits per heavy atom. The summed E-state index contributed by atoms with van der Waals surface area (Å²) in [4.78, 5) is 0.276. The van der Waals surface area contributed by atoms with Crippen molar-refractivity contribution in [2.24, 2.45) is 5.73 Å². The summed E-state index contributed by atoms with van der Waals surface area (Å²) in [6, 6.07) is 3.64. The summed E-state index contributed by atoms with van der Waals surface area (Å²) in [6.45, 7) is 5.91. The van der Waals surface area contributed by atoms with E-state index in [4.69, 9.17) is 15.2 Å². The van der Waals surface area contributed by atoms with Crippen molar-refractivity contribution in [3.8, 4) is 5.75 Å². The van der Waals surface area contributed by atoms with Crippen LogP contribution in [0.1, 0.15) is 30.4 Å². The molecule has 1 saturated heterocycles. The lowest BCUT2D eigenvalue weighted by atomic mass is 10.1. The average Bonchev–Trinajstić information content (AvgIpc) is 2.54. The van der Waals surface area contributed by atoms with E-state index in [1.807, 2.05) is 19.9 Å². The van der Waals surface area contributed by atoms with Crippen molar-refractivity contribution >= 4 is 10.0 Å². The van der Waals surface area contributed by atoms with Crippen LogP contribution in [0.5, 0.6) is 5.75 Å².